The van der Waals surface area contributed by atoms with E-state index < -0.39 is 0 Å². The van der Waals surface area contributed by atoms with Crippen LogP contribution in [0.1, 0.15) is 16.4 Å². The Morgan fingerprint density at radius 3 is 2.87 bits per heavy atom. The third-order valence-electron chi connectivity index (χ3n) is 3.79. The molecule has 2 aromatic heterocycles. The van der Waals surface area contributed by atoms with Crippen molar-refractivity contribution in [2.75, 3.05) is 11.1 Å². The first kappa shape index (κ1) is 22.1. The van der Waals surface area contributed by atoms with Crippen molar-refractivity contribution in [3.05, 3.63) is 70.3 Å². The van der Waals surface area contributed by atoms with E-state index in [0.29, 0.717) is 28.2 Å². The van der Waals surface area contributed by atoms with Gasteiger partial charge in [-0.1, -0.05) is 29.4 Å². The molecule has 3 rings (SSSR count). The number of carbonyl (C=O) groups excluding carboxylic acids is 2. The minimum Gasteiger partial charge on any atom is -0.459 e. The molecule has 0 aliphatic carbocycles. The minimum atomic E-state index is -0.352. The summed E-state index contributed by atoms with van der Waals surface area (Å²) in [7, 11) is 0. The number of hydrogen-bond acceptors (Lipinski definition) is 6. The molecule has 0 spiro atoms. The van der Waals surface area contributed by atoms with Crippen LogP contribution in [0.3, 0.4) is 0 Å². The number of anilines is 1. The summed E-state index contributed by atoms with van der Waals surface area (Å²) in [6.07, 6.45) is 3.12. The molecule has 0 saturated carbocycles. The molecule has 0 bridgehead atoms. The van der Waals surface area contributed by atoms with Crippen molar-refractivity contribution in [1.29, 1.82) is 0 Å². The molecular formula is C19H17BrClN5O3S. The number of carbonyl (C=O) groups is 2. The number of furan rings is 1. The molecule has 156 valence electrons. The molecule has 0 atom stereocenters. The third kappa shape index (κ3) is 5.74. The number of rotatable bonds is 9. The van der Waals surface area contributed by atoms with Gasteiger partial charge in [-0.25, -0.2) is 0 Å². The maximum Gasteiger partial charge on any atom is 0.287 e. The summed E-state index contributed by atoms with van der Waals surface area (Å²) in [5.74, 6) is 0.317. The van der Waals surface area contributed by atoms with Gasteiger partial charge in [-0.05, 0) is 46.3 Å². The van der Waals surface area contributed by atoms with Gasteiger partial charge in [0.15, 0.2) is 16.7 Å². The van der Waals surface area contributed by atoms with Crippen LogP contribution in [0.15, 0.2) is 63.3 Å². The number of nitrogens with zero attached hydrogens (tertiary/aromatic N) is 3. The van der Waals surface area contributed by atoms with Crippen molar-refractivity contribution in [1.82, 2.24) is 20.1 Å². The van der Waals surface area contributed by atoms with Gasteiger partial charge in [-0.15, -0.1) is 16.8 Å². The van der Waals surface area contributed by atoms with Gasteiger partial charge in [0.25, 0.3) is 5.91 Å². The average molecular weight is 511 g/mol. The Labute approximate surface area is 190 Å². The molecule has 2 amide bonds. The van der Waals surface area contributed by atoms with Gasteiger partial charge in [-0.3, -0.25) is 9.59 Å². The number of thioether (sulfide) groups is 1. The normalized spacial score (nSPS) is 10.6. The summed E-state index contributed by atoms with van der Waals surface area (Å²) in [4.78, 5) is 24.3. The smallest absolute Gasteiger partial charge is 0.287 e. The van der Waals surface area contributed by atoms with Crippen LogP contribution in [0.2, 0.25) is 5.02 Å². The van der Waals surface area contributed by atoms with Gasteiger partial charge in [0.05, 0.1) is 23.6 Å². The van der Waals surface area contributed by atoms with E-state index in [1.54, 1.807) is 41.0 Å². The Bertz CT molecular complexity index is 1050. The van der Waals surface area contributed by atoms with Crippen LogP contribution in [0.25, 0.3) is 0 Å². The van der Waals surface area contributed by atoms with Crippen LogP contribution in [-0.4, -0.2) is 32.3 Å². The Balaban J connectivity index is 1.59. The predicted molar refractivity (Wildman–Crippen MR) is 119 cm³/mol. The van der Waals surface area contributed by atoms with Crippen LogP contribution in [0, 0.1) is 0 Å². The lowest BCUT2D eigenvalue weighted by Gasteiger charge is -2.09. The molecule has 30 heavy (non-hydrogen) atoms. The van der Waals surface area contributed by atoms with Crippen LogP contribution in [-0.2, 0) is 17.9 Å². The Kier molecular flexibility index (Phi) is 7.72. The van der Waals surface area contributed by atoms with E-state index in [9.17, 15) is 9.59 Å². The summed E-state index contributed by atoms with van der Waals surface area (Å²) < 4.78 is 7.60. The van der Waals surface area contributed by atoms with E-state index in [1.165, 1.54) is 18.0 Å². The first-order chi connectivity index (χ1) is 14.5. The average Bonchev–Trinajstić information content (AvgIpc) is 3.38. The largest absolute Gasteiger partial charge is 0.459 e. The predicted octanol–water partition coefficient (Wildman–Crippen LogP) is 4.13. The lowest BCUT2D eigenvalue weighted by atomic mass is 10.3. The summed E-state index contributed by atoms with van der Waals surface area (Å²) in [6, 6.07) is 8.38. The molecule has 3 aromatic rings. The fourth-order valence-electron chi connectivity index (χ4n) is 2.42. The van der Waals surface area contributed by atoms with Gasteiger partial charge < -0.3 is 19.6 Å². The standard InChI is InChI=1S/C19H17BrClN5O3S/c1-2-7-26-16(10-22-18(28)15-4-3-8-29-15)24-25-19(26)30-11-17(27)23-12-5-6-13(20)14(21)9-12/h2-6,8-9H,1,7,10-11H2,(H,22,28)(H,23,27). The molecule has 1 aromatic carbocycles. The third-order valence-corrected chi connectivity index (χ3v) is 5.99. The van der Waals surface area contributed by atoms with Crippen molar-refractivity contribution in [3.63, 3.8) is 0 Å². The second kappa shape index (κ2) is 10.5. The number of allylic oxidation sites excluding steroid dienone is 1. The summed E-state index contributed by atoms with van der Waals surface area (Å²) in [5.41, 5.74) is 0.600. The number of benzene rings is 1. The van der Waals surface area contributed by atoms with E-state index in [1.807, 2.05) is 0 Å². The highest BCUT2D eigenvalue weighted by Crippen LogP contribution is 2.26. The Morgan fingerprint density at radius 1 is 1.33 bits per heavy atom. The highest BCUT2D eigenvalue weighted by molar-refractivity contribution is 9.10. The van der Waals surface area contributed by atoms with Gasteiger partial charge in [0.2, 0.25) is 5.91 Å². The fourth-order valence-corrected chi connectivity index (χ4v) is 3.62. The van der Waals surface area contributed by atoms with E-state index >= 15 is 0 Å². The summed E-state index contributed by atoms with van der Waals surface area (Å²) in [6.45, 7) is 4.33. The van der Waals surface area contributed by atoms with E-state index in [2.05, 4.69) is 43.3 Å². The summed E-state index contributed by atoms with van der Waals surface area (Å²) in [5, 5.41) is 14.8. The molecule has 0 fully saturated rings. The maximum atomic E-state index is 12.3. The van der Waals surface area contributed by atoms with E-state index in [-0.39, 0.29) is 29.9 Å². The Morgan fingerprint density at radius 2 is 2.17 bits per heavy atom. The lowest BCUT2D eigenvalue weighted by Crippen LogP contribution is -2.24. The molecule has 2 heterocycles. The van der Waals surface area contributed by atoms with Gasteiger partial charge >= 0.3 is 0 Å². The fraction of sp³-hybridized carbons (Fsp3) is 0.158. The monoisotopic (exact) mass is 509 g/mol. The number of amides is 2. The first-order valence-corrected chi connectivity index (χ1v) is 10.9. The van der Waals surface area contributed by atoms with Crippen molar-refractivity contribution < 1.29 is 14.0 Å². The van der Waals surface area contributed by atoms with Crippen LogP contribution in [0.4, 0.5) is 5.69 Å². The molecule has 11 heteroatoms. The zero-order valence-electron chi connectivity index (χ0n) is 15.6. The van der Waals surface area contributed by atoms with Crippen LogP contribution < -0.4 is 10.6 Å². The highest BCUT2D eigenvalue weighted by Gasteiger charge is 2.16. The van der Waals surface area contributed by atoms with Crippen molar-refractivity contribution >= 4 is 56.8 Å². The Hall–Kier alpha value is -2.56. The molecule has 0 unspecified atom stereocenters. The maximum absolute atomic E-state index is 12.3. The van der Waals surface area contributed by atoms with Gasteiger partial charge in [0, 0.05) is 16.7 Å². The van der Waals surface area contributed by atoms with Gasteiger partial charge in [0.1, 0.15) is 0 Å². The SMILES string of the molecule is C=CCn1c(CNC(=O)c2ccco2)nnc1SCC(=O)Nc1ccc(Br)c(Cl)c1. The molecule has 0 aliphatic heterocycles. The molecule has 8 nitrogen and oxygen atoms in total. The number of halogens is 2. The van der Waals surface area contributed by atoms with Crippen LogP contribution in [0.5, 0.6) is 0 Å². The molecule has 2 N–H and O–H groups in total. The van der Waals surface area contributed by atoms with E-state index in [4.69, 9.17) is 16.0 Å². The van der Waals surface area contributed by atoms with Crippen molar-refractivity contribution in [3.8, 4) is 0 Å². The van der Waals surface area contributed by atoms with Crippen molar-refractivity contribution in [2.45, 2.75) is 18.2 Å². The minimum absolute atomic E-state index is 0.127. The zero-order chi connectivity index (χ0) is 21.5. The second-order valence-corrected chi connectivity index (χ2v) is 8.13. The number of aromatic nitrogens is 3. The quantitative estimate of drug-likeness (QED) is 0.331. The second-order valence-electron chi connectivity index (χ2n) is 5.92. The molecule has 0 saturated heterocycles. The number of hydrogen-bond donors (Lipinski definition) is 2. The van der Waals surface area contributed by atoms with Crippen LogP contribution >= 0.6 is 39.3 Å². The first-order valence-electron chi connectivity index (χ1n) is 8.70. The zero-order valence-corrected chi connectivity index (χ0v) is 18.8. The topological polar surface area (TPSA) is 102 Å². The molecular weight excluding hydrogens is 494 g/mol. The molecule has 0 aliphatic rings. The summed E-state index contributed by atoms with van der Waals surface area (Å²) >= 11 is 10.6. The van der Waals surface area contributed by atoms with E-state index in [0.717, 1.165) is 4.47 Å². The lowest BCUT2D eigenvalue weighted by molar-refractivity contribution is -0.113. The van der Waals surface area contributed by atoms with Gasteiger partial charge in [-0.2, -0.15) is 0 Å². The van der Waals surface area contributed by atoms with Crippen molar-refractivity contribution in [2.24, 2.45) is 0 Å². The highest BCUT2D eigenvalue weighted by atomic mass is 79.9. The number of nitrogens with one attached hydrogen (secondary N) is 2. The molecule has 0 radical (unpaired) electrons.